The van der Waals surface area contributed by atoms with Gasteiger partial charge in [-0.3, -0.25) is 4.79 Å². The predicted molar refractivity (Wildman–Crippen MR) is 118 cm³/mol. The molecule has 4 rings (SSSR count). The minimum atomic E-state index is -0.937. The van der Waals surface area contributed by atoms with Crippen molar-refractivity contribution < 1.29 is 14.3 Å². The normalized spacial score (nSPS) is 14.9. The van der Waals surface area contributed by atoms with Gasteiger partial charge in [-0.05, 0) is 62.6 Å². The number of amides is 1. The fourth-order valence-electron chi connectivity index (χ4n) is 3.61. The van der Waals surface area contributed by atoms with Crippen molar-refractivity contribution in [2.24, 2.45) is 0 Å². The van der Waals surface area contributed by atoms with E-state index in [1.165, 1.54) is 19.3 Å². The van der Waals surface area contributed by atoms with E-state index in [1.807, 2.05) is 54.6 Å². The Labute approximate surface area is 175 Å². The van der Waals surface area contributed by atoms with E-state index in [9.17, 15) is 9.59 Å². The largest absolute Gasteiger partial charge is 0.448 e. The van der Waals surface area contributed by atoms with Crippen LogP contribution in [0.2, 0.25) is 0 Å². The molecule has 2 aromatic carbocycles. The first kappa shape index (κ1) is 19.9. The molecule has 1 aliphatic rings. The lowest BCUT2D eigenvalue weighted by Gasteiger charge is -2.28. The molecule has 154 valence electrons. The molecule has 1 N–H and O–H groups in total. The fourth-order valence-corrected chi connectivity index (χ4v) is 3.61. The van der Waals surface area contributed by atoms with Crippen LogP contribution < -0.4 is 10.2 Å². The number of ether oxygens (including phenoxy) is 1. The van der Waals surface area contributed by atoms with Crippen molar-refractivity contribution in [2.75, 3.05) is 23.3 Å². The Morgan fingerprint density at radius 1 is 0.967 bits per heavy atom. The van der Waals surface area contributed by atoms with Crippen molar-refractivity contribution in [1.29, 1.82) is 0 Å². The van der Waals surface area contributed by atoms with Crippen molar-refractivity contribution in [1.82, 2.24) is 4.98 Å². The Hall–Kier alpha value is -3.41. The molecule has 1 fully saturated rings. The maximum Gasteiger partial charge on any atom is 0.357 e. The SMILES string of the molecule is C[C@H](OC(=O)c1ccc2ccccc2n1)C(=O)Nc1ccc(N2CCCCC2)cc1. The van der Waals surface area contributed by atoms with Crippen LogP contribution in [0.1, 0.15) is 36.7 Å². The summed E-state index contributed by atoms with van der Waals surface area (Å²) >= 11 is 0. The van der Waals surface area contributed by atoms with Crippen LogP contribution in [0.3, 0.4) is 0 Å². The molecule has 6 heteroatoms. The number of aromatic nitrogens is 1. The molecule has 2 heterocycles. The van der Waals surface area contributed by atoms with Gasteiger partial charge in [0.1, 0.15) is 5.69 Å². The number of hydrogen-bond donors (Lipinski definition) is 1. The molecule has 1 amide bonds. The van der Waals surface area contributed by atoms with Crippen LogP contribution in [0.15, 0.2) is 60.7 Å². The monoisotopic (exact) mass is 403 g/mol. The summed E-state index contributed by atoms with van der Waals surface area (Å²) < 4.78 is 5.32. The fraction of sp³-hybridized carbons (Fsp3) is 0.292. The quantitative estimate of drug-likeness (QED) is 0.639. The van der Waals surface area contributed by atoms with Gasteiger partial charge < -0.3 is 15.0 Å². The first-order valence-corrected chi connectivity index (χ1v) is 10.3. The second-order valence-electron chi connectivity index (χ2n) is 7.52. The summed E-state index contributed by atoms with van der Waals surface area (Å²) in [6, 6.07) is 18.7. The van der Waals surface area contributed by atoms with Gasteiger partial charge in [-0.25, -0.2) is 9.78 Å². The van der Waals surface area contributed by atoms with Gasteiger partial charge >= 0.3 is 5.97 Å². The molecule has 0 bridgehead atoms. The third-order valence-corrected chi connectivity index (χ3v) is 5.32. The maximum atomic E-state index is 12.5. The number of hydrogen-bond acceptors (Lipinski definition) is 5. The number of para-hydroxylation sites is 1. The lowest BCUT2D eigenvalue weighted by atomic mass is 10.1. The molecule has 0 radical (unpaired) electrons. The van der Waals surface area contributed by atoms with Gasteiger partial charge in [-0.1, -0.05) is 24.3 Å². The van der Waals surface area contributed by atoms with E-state index in [-0.39, 0.29) is 11.6 Å². The van der Waals surface area contributed by atoms with E-state index in [0.29, 0.717) is 11.2 Å². The van der Waals surface area contributed by atoms with Gasteiger partial charge in [0.25, 0.3) is 5.91 Å². The summed E-state index contributed by atoms with van der Waals surface area (Å²) in [6.45, 7) is 3.69. The summed E-state index contributed by atoms with van der Waals surface area (Å²) in [4.78, 5) is 31.5. The number of pyridine rings is 1. The molecular formula is C24H25N3O3. The third kappa shape index (κ3) is 4.59. The van der Waals surface area contributed by atoms with E-state index >= 15 is 0 Å². The number of nitrogens with zero attached hydrogens (tertiary/aromatic N) is 2. The summed E-state index contributed by atoms with van der Waals surface area (Å²) in [5.74, 6) is -1.00. The molecule has 3 aromatic rings. The molecule has 6 nitrogen and oxygen atoms in total. The van der Waals surface area contributed by atoms with Crippen LogP contribution in [0.25, 0.3) is 10.9 Å². The molecule has 30 heavy (non-hydrogen) atoms. The van der Waals surface area contributed by atoms with Gasteiger partial charge in [-0.15, -0.1) is 0 Å². The van der Waals surface area contributed by atoms with Crippen LogP contribution in [0.5, 0.6) is 0 Å². The zero-order valence-corrected chi connectivity index (χ0v) is 17.0. The highest BCUT2D eigenvalue weighted by Gasteiger charge is 2.20. The Morgan fingerprint density at radius 2 is 1.70 bits per heavy atom. The van der Waals surface area contributed by atoms with Gasteiger partial charge in [0.15, 0.2) is 6.10 Å². The predicted octanol–water partition coefficient (Wildman–Crippen LogP) is 4.41. The third-order valence-electron chi connectivity index (χ3n) is 5.32. The molecule has 0 unspecified atom stereocenters. The van der Waals surface area contributed by atoms with E-state index in [2.05, 4.69) is 15.2 Å². The number of anilines is 2. The number of esters is 1. The topological polar surface area (TPSA) is 71.5 Å². The number of piperidine rings is 1. The smallest absolute Gasteiger partial charge is 0.357 e. The minimum Gasteiger partial charge on any atom is -0.448 e. The van der Waals surface area contributed by atoms with Crippen molar-refractivity contribution in [3.05, 3.63) is 66.4 Å². The second kappa shape index (κ2) is 8.95. The highest BCUT2D eigenvalue weighted by atomic mass is 16.5. The first-order valence-electron chi connectivity index (χ1n) is 10.3. The standard InChI is InChI=1S/C24H25N3O3/c1-17(30-24(29)22-14-9-18-7-3-4-8-21(18)26-22)23(28)25-19-10-12-20(13-11-19)27-15-5-2-6-16-27/h3-4,7-14,17H,2,5-6,15-16H2,1H3,(H,25,28)/t17-/m0/s1. The highest BCUT2D eigenvalue weighted by Crippen LogP contribution is 2.22. The summed E-state index contributed by atoms with van der Waals surface area (Å²) in [5, 5.41) is 3.74. The molecular weight excluding hydrogens is 378 g/mol. The highest BCUT2D eigenvalue weighted by molar-refractivity contribution is 5.97. The van der Waals surface area contributed by atoms with Gasteiger partial charge in [0, 0.05) is 29.9 Å². The molecule has 0 saturated carbocycles. The van der Waals surface area contributed by atoms with Crippen LogP contribution in [0.4, 0.5) is 11.4 Å². The zero-order valence-electron chi connectivity index (χ0n) is 17.0. The molecule has 1 saturated heterocycles. The minimum absolute atomic E-state index is 0.180. The molecule has 0 aliphatic carbocycles. The Morgan fingerprint density at radius 3 is 2.47 bits per heavy atom. The summed E-state index contributed by atoms with van der Waals surface area (Å²) in [6.07, 6.45) is 2.78. The van der Waals surface area contributed by atoms with Crippen molar-refractivity contribution >= 4 is 34.2 Å². The lowest BCUT2D eigenvalue weighted by molar-refractivity contribution is -0.123. The van der Waals surface area contributed by atoms with Gasteiger partial charge in [0.2, 0.25) is 0 Å². The maximum absolute atomic E-state index is 12.5. The van der Waals surface area contributed by atoms with E-state index in [4.69, 9.17) is 4.74 Å². The number of rotatable bonds is 5. The van der Waals surface area contributed by atoms with Crippen molar-refractivity contribution in [3.63, 3.8) is 0 Å². The number of carbonyl (C=O) groups is 2. The van der Waals surface area contributed by atoms with Gasteiger partial charge in [-0.2, -0.15) is 0 Å². The van der Waals surface area contributed by atoms with E-state index in [0.717, 1.165) is 24.2 Å². The van der Waals surface area contributed by atoms with Crippen LogP contribution in [-0.4, -0.2) is 36.1 Å². The summed E-state index contributed by atoms with van der Waals surface area (Å²) in [7, 11) is 0. The first-order chi connectivity index (χ1) is 14.6. The van der Waals surface area contributed by atoms with Crippen molar-refractivity contribution in [3.8, 4) is 0 Å². The zero-order chi connectivity index (χ0) is 20.9. The van der Waals surface area contributed by atoms with Crippen LogP contribution in [-0.2, 0) is 9.53 Å². The average molecular weight is 403 g/mol. The van der Waals surface area contributed by atoms with Crippen molar-refractivity contribution in [2.45, 2.75) is 32.3 Å². The lowest BCUT2D eigenvalue weighted by Crippen LogP contribution is -2.30. The number of benzene rings is 2. The summed E-state index contributed by atoms with van der Waals surface area (Å²) in [5.41, 5.74) is 2.72. The second-order valence-corrected chi connectivity index (χ2v) is 7.52. The van der Waals surface area contributed by atoms with E-state index in [1.54, 1.807) is 13.0 Å². The van der Waals surface area contributed by atoms with Gasteiger partial charge in [0.05, 0.1) is 5.52 Å². The molecule has 1 aliphatic heterocycles. The average Bonchev–Trinajstić information content (AvgIpc) is 2.79. The van der Waals surface area contributed by atoms with Crippen LogP contribution in [0, 0.1) is 0 Å². The Balaban J connectivity index is 1.35. The number of nitrogens with one attached hydrogen (secondary N) is 1. The molecule has 1 aromatic heterocycles. The number of fused-ring (bicyclic) bond motifs is 1. The molecule has 1 atom stereocenters. The van der Waals surface area contributed by atoms with Crippen LogP contribution >= 0.6 is 0 Å². The molecule has 0 spiro atoms. The van der Waals surface area contributed by atoms with E-state index < -0.39 is 12.1 Å². The number of carbonyl (C=O) groups excluding carboxylic acids is 2. The Bertz CT molecular complexity index is 1040. The Kier molecular flexibility index (Phi) is 5.93.